The maximum atomic E-state index is 11.4. The summed E-state index contributed by atoms with van der Waals surface area (Å²) in [5.74, 6) is -0.603. The molecule has 1 atom stereocenters. The molecule has 0 spiro atoms. The van der Waals surface area contributed by atoms with Crippen LogP contribution in [0.25, 0.3) is 0 Å². The summed E-state index contributed by atoms with van der Waals surface area (Å²) in [4.78, 5) is 22.7. The molecule has 0 aromatic carbocycles. The molecule has 0 rings (SSSR count). The quantitative estimate of drug-likeness (QED) is 0.209. The van der Waals surface area contributed by atoms with E-state index < -0.39 is 11.4 Å². The van der Waals surface area contributed by atoms with E-state index in [4.69, 9.17) is 22.8 Å². The van der Waals surface area contributed by atoms with Crippen LogP contribution in [0.15, 0.2) is 0 Å². The van der Waals surface area contributed by atoms with Crippen LogP contribution in [0, 0.1) is 0 Å². The molecule has 0 fully saturated rings. The van der Waals surface area contributed by atoms with Crippen LogP contribution in [0.3, 0.4) is 0 Å². The van der Waals surface area contributed by atoms with Crippen molar-refractivity contribution in [3.05, 3.63) is 0 Å². The van der Waals surface area contributed by atoms with Crippen LogP contribution in [0.1, 0.15) is 78.1 Å². The van der Waals surface area contributed by atoms with Crippen LogP contribution in [0.4, 0.5) is 0 Å². The molecule has 0 amide bonds. The van der Waals surface area contributed by atoms with Gasteiger partial charge in [0.25, 0.3) is 0 Å². The molecule has 0 heterocycles. The number of hydrogen-bond donors (Lipinski definition) is 1. The molecule has 144 valence electrons. The first-order valence-corrected chi connectivity index (χ1v) is 9.56. The van der Waals surface area contributed by atoms with Gasteiger partial charge in [0.2, 0.25) is 0 Å². The molecule has 0 saturated heterocycles. The first-order valence-electron chi connectivity index (χ1n) is 8.53. The van der Waals surface area contributed by atoms with E-state index in [1.165, 1.54) is 12.8 Å². The Labute approximate surface area is 176 Å². The molecule has 0 saturated carbocycles. The number of carbonyl (C=O) groups excluding carboxylic acids is 2. The second-order valence-electron chi connectivity index (χ2n) is 5.28. The summed E-state index contributed by atoms with van der Waals surface area (Å²) < 4.78 is 34.2. The summed E-state index contributed by atoms with van der Waals surface area (Å²) in [6.07, 6.45) is 8.90. The molecule has 9 heteroatoms. The number of rotatable bonds is 13. The van der Waals surface area contributed by atoms with Crippen LogP contribution in [0.5, 0.6) is 0 Å². The van der Waals surface area contributed by atoms with Crippen molar-refractivity contribution in [2.24, 2.45) is 0 Å². The third-order valence-corrected chi connectivity index (χ3v) is 3.06. The van der Waals surface area contributed by atoms with Crippen LogP contribution in [0.2, 0.25) is 0 Å². The summed E-state index contributed by atoms with van der Waals surface area (Å²) in [5, 5.41) is 0. The third-order valence-electron chi connectivity index (χ3n) is 3.06. The first kappa shape index (κ1) is 29.8. The summed E-state index contributed by atoms with van der Waals surface area (Å²) >= 11 is -2.86. The van der Waals surface area contributed by atoms with Crippen LogP contribution >= 0.6 is 0 Å². The van der Waals surface area contributed by atoms with Gasteiger partial charge in [-0.05, 0) is 12.8 Å². The van der Waals surface area contributed by atoms with E-state index in [2.05, 4.69) is 13.8 Å². The molecule has 0 aliphatic heterocycles. The zero-order chi connectivity index (χ0) is 18.6. The summed E-state index contributed by atoms with van der Waals surface area (Å²) in [6.45, 7) is 5.20. The molecule has 0 aromatic heterocycles. The fourth-order valence-electron chi connectivity index (χ4n) is 1.78. The first-order chi connectivity index (χ1) is 11.4. The van der Waals surface area contributed by atoms with Crippen molar-refractivity contribution in [2.75, 3.05) is 13.2 Å². The van der Waals surface area contributed by atoms with Gasteiger partial charge in [0, 0.05) is 0 Å². The molecule has 1 unspecified atom stereocenters. The van der Waals surface area contributed by atoms with E-state index in [1.54, 1.807) is 0 Å². The van der Waals surface area contributed by atoms with Crippen molar-refractivity contribution in [3.8, 4) is 0 Å². The van der Waals surface area contributed by atoms with E-state index in [0.29, 0.717) is 13.2 Å². The van der Waals surface area contributed by atoms with Gasteiger partial charge in [0.05, 0.1) is 37.4 Å². The maximum Gasteiger partial charge on any atom is 1.00 e. The van der Waals surface area contributed by atoms with Crippen molar-refractivity contribution in [1.82, 2.24) is 0 Å². The largest absolute Gasteiger partial charge is 1.00 e. The number of hydrogen-bond acceptors (Lipinski definition) is 6. The van der Waals surface area contributed by atoms with Crippen LogP contribution in [-0.4, -0.2) is 38.5 Å². The van der Waals surface area contributed by atoms with Crippen LogP contribution < -0.4 is 29.6 Å². The van der Waals surface area contributed by atoms with Gasteiger partial charge in [-0.2, -0.15) is 0 Å². The molecule has 0 aliphatic carbocycles. The standard InChI is InChI=1S/C16H30O4.Na.H2O3S/c1-3-5-7-9-13-19-15(17)11-12-16(18)20-14-10-8-6-4-2;;1-4(2)3/h3-14H2,1-2H3;;(H2,1,2,3)/q;+1;/p-1. The SMILES string of the molecule is CCCCCCOC(=O)CCC(=O)OCCCCCC.O=S([O-])O.[Na+]. The Bertz CT molecular complexity index is 310. The zero-order valence-corrected chi connectivity index (χ0v) is 18.6. The third kappa shape index (κ3) is 32.2. The van der Waals surface area contributed by atoms with Gasteiger partial charge in [-0.25, -0.2) is 4.21 Å². The molecule has 0 radical (unpaired) electrons. The Morgan fingerprint density at radius 3 is 1.44 bits per heavy atom. The Kier molecular flexibility index (Phi) is 28.6. The van der Waals surface area contributed by atoms with E-state index >= 15 is 0 Å². The molecule has 0 aliphatic rings. The number of esters is 2. The average molecular weight is 390 g/mol. The molecule has 1 N–H and O–H groups in total. The predicted molar refractivity (Wildman–Crippen MR) is 91.0 cm³/mol. The Balaban J connectivity index is -0.000000867. The minimum Gasteiger partial charge on any atom is -0.750 e. The van der Waals surface area contributed by atoms with E-state index in [-0.39, 0.29) is 54.3 Å². The van der Waals surface area contributed by atoms with Gasteiger partial charge < -0.3 is 18.6 Å². The Morgan fingerprint density at radius 1 is 0.840 bits per heavy atom. The summed E-state index contributed by atoms with van der Waals surface area (Å²) in [5.41, 5.74) is 0. The van der Waals surface area contributed by atoms with E-state index in [0.717, 1.165) is 38.5 Å². The van der Waals surface area contributed by atoms with E-state index in [9.17, 15) is 9.59 Å². The topological polar surface area (TPSA) is 113 Å². The minimum atomic E-state index is -2.86. The van der Waals surface area contributed by atoms with Crippen molar-refractivity contribution < 1.29 is 61.9 Å². The Morgan fingerprint density at radius 2 is 1.16 bits per heavy atom. The zero-order valence-electron chi connectivity index (χ0n) is 15.8. The fourth-order valence-corrected chi connectivity index (χ4v) is 1.78. The molecule has 0 bridgehead atoms. The van der Waals surface area contributed by atoms with Crippen molar-refractivity contribution in [3.63, 3.8) is 0 Å². The number of unbranched alkanes of at least 4 members (excludes halogenated alkanes) is 6. The maximum absolute atomic E-state index is 11.4. The molecule has 7 nitrogen and oxygen atoms in total. The smallest absolute Gasteiger partial charge is 0.750 e. The van der Waals surface area contributed by atoms with Gasteiger partial charge in [0.15, 0.2) is 0 Å². The van der Waals surface area contributed by atoms with Gasteiger partial charge in [-0.1, -0.05) is 52.4 Å². The van der Waals surface area contributed by atoms with Gasteiger partial charge in [-0.3, -0.25) is 9.59 Å². The van der Waals surface area contributed by atoms with Gasteiger partial charge >= 0.3 is 41.5 Å². The van der Waals surface area contributed by atoms with E-state index in [1.807, 2.05) is 0 Å². The molecular weight excluding hydrogens is 359 g/mol. The molecular formula is C16H31NaO7S. The number of ether oxygens (including phenoxy) is 2. The minimum absolute atomic E-state index is 0. The normalized spacial score (nSPS) is 10.7. The van der Waals surface area contributed by atoms with Crippen molar-refractivity contribution in [2.45, 2.75) is 78.1 Å². The van der Waals surface area contributed by atoms with Gasteiger partial charge in [-0.15, -0.1) is 0 Å². The van der Waals surface area contributed by atoms with Gasteiger partial charge in [0.1, 0.15) is 0 Å². The van der Waals surface area contributed by atoms with Crippen molar-refractivity contribution >= 4 is 23.3 Å². The molecule has 25 heavy (non-hydrogen) atoms. The van der Waals surface area contributed by atoms with Crippen molar-refractivity contribution in [1.29, 1.82) is 0 Å². The summed E-state index contributed by atoms with van der Waals surface area (Å²) in [6, 6.07) is 0. The average Bonchev–Trinajstić information content (AvgIpc) is 2.52. The monoisotopic (exact) mass is 390 g/mol. The molecule has 0 aromatic rings. The fraction of sp³-hybridized carbons (Fsp3) is 0.875. The number of carbonyl (C=O) groups is 2. The second-order valence-corrected chi connectivity index (χ2v) is 5.71. The predicted octanol–water partition coefficient (Wildman–Crippen LogP) is 0.356. The summed E-state index contributed by atoms with van der Waals surface area (Å²) in [7, 11) is 0. The second kappa shape index (κ2) is 24.0. The van der Waals surface area contributed by atoms with Crippen LogP contribution in [-0.2, 0) is 30.4 Å². The Hall–Kier alpha value is 0.01000.